The highest BCUT2D eigenvalue weighted by atomic mass is 19.4. The van der Waals surface area contributed by atoms with Gasteiger partial charge in [-0.05, 0) is 91.0 Å². The number of benzene rings is 2. The van der Waals surface area contributed by atoms with Gasteiger partial charge in [0.15, 0.2) is 11.6 Å². The van der Waals surface area contributed by atoms with Crippen molar-refractivity contribution in [1.82, 2.24) is 0 Å². The molecular formula is C34H41F7O. The average Bonchev–Trinajstić information content (AvgIpc) is 2.97. The molecule has 232 valence electrons. The Balaban J connectivity index is 1.25. The lowest BCUT2D eigenvalue weighted by Crippen LogP contribution is -2.45. The van der Waals surface area contributed by atoms with E-state index in [-0.39, 0.29) is 0 Å². The molecule has 2 aromatic carbocycles. The highest BCUT2D eigenvalue weighted by Gasteiger charge is 2.59. The van der Waals surface area contributed by atoms with Crippen molar-refractivity contribution in [2.24, 2.45) is 23.7 Å². The largest absolute Gasteiger partial charge is 0.439 e. The molecule has 2 aliphatic rings. The predicted molar refractivity (Wildman–Crippen MR) is 152 cm³/mol. The van der Waals surface area contributed by atoms with Gasteiger partial charge in [-0.1, -0.05) is 87.9 Å². The maximum Gasteiger partial charge on any atom is 0.439 e. The molecule has 0 radical (unpaired) electrons. The number of halogens is 7. The predicted octanol–water partition coefficient (Wildman–Crippen LogP) is 11.6. The van der Waals surface area contributed by atoms with Crippen molar-refractivity contribution >= 4 is 6.08 Å². The monoisotopic (exact) mass is 598 g/mol. The van der Waals surface area contributed by atoms with Gasteiger partial charge in [-0.2, -0.15) is 22.0 Å². The Kier molecular flexibility index (Phi) is 11.0. The molecule has 42 heavy (non-hydrogen) atoms. The topological polar surface area (TPSA) is 9.23 Å². The van der Waals surface area contributed by atoms with Crippen LogP contribution in [0.1, 0.15) is 89.5 Å². The van der Waals surface area contributed by atoms with E-state index in [1.807, 2.05) is 12.1 Å². The highest BCUT2D eigenvalue weighted by Crippen LogP contribution is 2.43. The molecule has 4 rings (SSSR count). The normalized spacial score (nSPS) is 24.6. The van der Waals surface area contributed by atoms with Gasteiger partial charge in [0.2, 0.25) is 0 Å². The van der Waals surface area contributed by atoms with Gasteiger partial charge in [0.05, 0.1) is 0 Å². The lowest BCUT2D eigenvalue weighted by molar-refractivity contribution is -0.305. The van der Waals surface area contributed by atoms with Gasteiger partial charge in [0.25, 0.3) is 6.17 Å². The van der Waals surface area contributed by atoms with Crippen LogP contribution in [0.25, 0.3) is 17.2 Å². The number of unbranched alkanes of at least 4 members (excludes halogenated alkanes) is 2. The summed E-state index contributed by atoms with van der Waals surface area (Å²) in [6, 6.07) is 10.1. The average molecular weight is 599 g/mol. The van der Waals surface area contributed by atoms with E-state index in [0.717, 1.165) is 35.4 Å². The fourth-order valence-corrected chi connectivity index (χ4v) is 6.63. The fourth-order valence-electron chi connectivity index (χ4n) is 6.63. The van der Waals surface area contributed by atoms with Gasteiger partial charge >= 0.3 is 12.3 Å². The summed E-state index contributed by atoms with van der Waals surface area (Å²) in [5, 5.41) is 0. The fraction of sp³-hybridized carbons (Fsp3) is 0.588. The molecular weight excluding hydrogens is 557 g/mol. The number of ether oxygens (including phenoxy) is 1. The molecule has 8 heteroatoms. The van der Waals surface area contributed by atoms with Gasteiger partial charge in [-0.25, -0.2) is 8.78 Å². The molecule has 1 nitrogen and oxygen atoms in total. The first-order valence-corrected chi connectivity index (χ1v) is 15.3. The van der Waals surface area contributed by atoms with Crippen LogP contribution in [0.4, 0.5) is 30.7 Å². The zero-order valence-corrected chi connectivity index (χ0v) is 24.1. The van der Waals surface area contributed by atoms with Crippen molar-refractivity contribution in [3.8, 4) is 16.9 Å². The molecule has 0 spiro atoms. The Morgan fingerprint density at radius 2 is 1.40 bits per heavy atom. The van der Waals surface area contributed by atoms with E-state index in [1.165, 1.54) is 83.1 Å². The number of allylic oxidation sites excluding steroid dienone is 1. The molecule has 0 bridgehead atoms. The molecule has 0 N–H and O–H groups in total. The first-order chi connectivity index (χ1) is 20.0. The van der Waals surface area contributed by atoms with Gasteiger partial charge in [-0.3, -0.25) is 0 Å². The standard InChI is InChI=1S/C34H41F7O/c1-2-3-4-5-23-8-14-26(15-9-23)27-16-10-24(11-17-27)6-7-25-12-18-28(19-13-25)29-20-21-31(30(35)22-29)42-34(40,41)32(36)33(37,38)39/h6-7,12-13,18-24,26-27,32H,2-5,8-11,14-17H2,1H3. The second-order valence-corrected chi connectivity index (χ2v) is 12.1. The Hall–Kier alpha value is -2.51. The zero-order chi connectivity index (χ0) is 30.3. The van der Waals surface area contributed by atoms with Crippen LogP contribution in [-0.4, -0.2) is 18.5 Å². The Bertz CT molecular complexity index is 1140. The summed E-state index contributed by atoms with van der Waals surface area (Å²) in [6.45, 7) is 2.27. The molecule has 0 heterocycles. The lowest BCUT2D eigenvalue weighted by Gasteiger charge is -2.37. The summed E-state index contributed by atoms with van der Waals surface area (Å²) in [7, 11) is 0. The molecule has 0 saturated heterocycles. The molecule has 2 saturated carbocycles. The number of alkyl halides is 6. The molecule has 2 aromatic rings. The zero-order valence-electron chi connectivity index (χ0n) is 24.1. The van der Waals surface area contributed by atoms with E-state index < -0.39 is 30.0 Å². The van der Waals surface area contributed by atoms with E-state index in [4.69, 9.17) is 0 Å². The number of hydrogen-bond donors (Lipinski definition) is 0. The van der Waals surface area contributed by atoms with Crippen molar-refractivity contribution in [1.29, 1.82) is 0 Å². The minimum absolute atomic E-state index is 0.319. The van der Waals surface area contributed by atoms with Crippen LogP contribution in [0.3, 0.4) is 0 Å². The quantitative estimate of drug-likeness (QED) is 0.185. The smallest absolute Gasteiger partial charge is 0.427 e. The van der Waals surface area contributed by atoms with Crippen LogP contribution in [-0.2, 0) is 0 Å². The molecule has 2 fully saturated rings. The summed E-state index contributed by atoms with van der Waals surface area (Å²) in [6.07, 6.45) is 4.72. The number of rotatable bonds is 11. The van der Waals surface area contributed by atoms with Crippen molar-refractivity contribution < 1.29 is 35.5 Å². The summed E-state index contributed by atoms with van der Waals surface area (Å²) < 4.78 is 95.3. The second kappa shape index (κ2) is 14.3. The van der Waals surface area contributed by atoms with Crippen molar-refractivity contribution in [2.45, 2.75) is 102 Å². The first kappa shape index (κ1) is 32.4. The van der Waals surface area contributed by atoms with E-state index in [9.17, 15) is 30.7 Å². The van der Waals surface area contributed by atoms with E-state index in [1.54, 1.807) is 12.1 Å². The lowest BCUT2D eigenvalue weighted by atomic mass is 9.68. The Morgan fingerprint density at radius 1 is 0.810 bits per heavy atom. The van der Waals surface area contributed by atoms with Gasteiger partial charge in [-0.15, -0.1) is 0 Å². The van der Waals surface area contributed by atoms with E-state index >= 15 is 0 Å². The third-order valence-corrected chi connectivity index (χ3v) is 9.16. The van der Waals surface area contributed by atoms with Crippen LogP contribution in [0, 0.1) is 29.5 Å². The molecule has 1 atom stereocenters. The summed E-state index contributed by atoms with van der Waals surface area (Å²) >= 11 is 0. The maximum atomic E-state index is 14.4. The summed E-state index contributed by atoms with van der Waals surface area (Å²) in [5.41, 5.74) is 1.88. The first-order valence-electron chi connectivity index (χ1n) is 15.3. The van der Waals surface area contributed by atoms with E-state index in [0.29, 0.717) is 17.0 Å². The second-order valence-electron chi connectivity index (χ2n) is 12.1. The molecule has 2 aliphatic carbocycles. The van der Waals surface area contributed by atoms with Crippen LogP contribution in [0.5, 0.6) is 5.75 Å². The maximum absolute atomic E-state index is 14.4. The highest BCUT2D eigenvalue weighted by molar-refractivity contribution is 5.66. The summed E-state index contributed by atoms with van der Waals surface area (Å²) in [5.74, 6) is 0.763. The van der Waals surface area contributed by atoms with Gasteiger partial charge in [0.1, 0.15) is 0 Å². The third-order valence-electron chi connectivity index (χ3n) is 9.16. The van der Waals surface area contributed by atoms with Gasteiger partial charge < -0.3 is 4.74 Å². The SMILES string of the molecule is CCCCCC1CCC(C2CCC(C=Cc3ccc(-c4ccc(OC(F)(F)C(F)C(F)(F)F)c(F)c4)cc3)CC2)CC1. The third kappa shape index (κ3) is 8.76. The van der Waals surface area contributed by atoms with Crippen LogP contribution in [0.2, 0.25) is 0 Å². The van der Waals surface area contributed by atoms with Crippen LogP contribution in [0.15, 0.2) is 48.5 Å². The van der Waals surface area contributed by atoms with Crippen LogP contribution < -0.4 is 4.74 Å². The Morgan fingerprint density at radius 3 is 1.98 bits per heavy atom. The minimum atomic E-state index is -5.85. The molecule has 1 unspecified atom stereocenters. The molecule has 0 aromatic heterocycles. The minimum Gasteiger partial charge on any atom is -0.427 e. The van der Waals surface area contributed by atoms with Crippen molar-refractivity contribution in [2.75, 3.05) is 0 Å². The summed E-state index contributed by atoms with van der Waals surface area (Å²) in [4.78, 5) is 0. The van der Waals surface area contributed by atoms with E-state index in [2.05, 4.69) is 23.8 Å². The van der Waals surface area contributed by atoms with Gasteiger partial charge in [0, 0.05) is 0 Å². The van der Waals surface area contributed by atoms with Crippen molar-refractivity contribution in [3.63, 3.8) is 0 Å². The molecule has 0 aliphatic heterocycles. The number of hydrogen-bond acceptors (Lipinski definition) is 1. The van der Waals surface area contributed by atoms with Crippen LogP contribution >= 0.6 is 0 Å². The van der Waals surface area contributed by atoms with Crippen molar-refractivity contribution in [3.05, 3.63) is 59.9 Å². The Labute approximate surface area is 244 Å². The molecule has 0 amide bonds.